The summed E-state index contributed by atoms with van der Waals surface area (Å²) in [5.41, 5.74) is -0.991. The van der Waals surface area contributed by atoms with Gasteiger partial charge in [0.1, 0.15) is 0 Å². The molecule has 1 N–H and O–H groups in total. The van der Waals surface area contributed by atoms with Crippen LogP contribution in [0.15, 0.2) is 29.2 Å². The lowest BCUT2D eigenvalue weighted by molar-refractivity contribution is -0.137. The second kappa shape index (κ2) is 8.61. The van der Waals surface area contributed by atoms with Gasteiger partial charge in [-0.15, -0.1) is 0 Å². The Labute approximate surface area is 169 Å². The van der Waals surface area contributed by atoms with Gasteiger partial charge in [0.25, 0.3) is 0 Å². The number of amides is 1. The number of alkyl halides is 3. The van der Waals surface area contributed by atoms with Crippen molar-refractivity contribution in [1.82, 2.24) is 14.5 Å². The molecule has 29 heavy (non-hydrogen) atoms. The minimum absolute atomic E-state index is 0.0638. The van der Waals surface area contributed by atoms with Gasteiger partial charge in [0, 0.05) is 32.2 Å². The van der Waals surface area contributed by atoms with Crippen LogP contribution in [0.3, 0.4) is 0 Å². The summed E-state index contributed by atoms with van der Waals surface area (Å²) in [4.78, 5) is 14.0. The van der Waals surface area contributed by atoms with Crippen LogP contribution < -0.4 is 5.32 Å². The van der Waals surface area contributed by atoms with Gasteiger partial charge in [0.15, 0.2) is 0 Å². The highest BCUT2D eigenvalue weighted by Gasteiger charge is 2.35. The van der Waals surface area contributed by atoms with Crippen LogP contribution in [0.5, 0.6) is 0 Å². The average Bonchev–Trinajstić information content (AvgIpc) is 3.20. The zero-order valence-electron chi connectivity index (χ0n) is 16.3. The largest absolute Gasteiger partial charge is 0.416 e. The Morgan fingerprint density at radius 1 is 1.14 bits per heavy atom. The number of halogens is 3. The van der Waals surface area contributed by atoms with Gasteiger partial charge in [0.05, 0.1) is 16.5 Å². The third-order valence-corrected chi connectivity index (χ3v) is 7.60. The van der Waals surface area contributed by atoms with Crippen molar-refractivity contribution < 1.29 is 26.4 Å². The normalized spacial score (nSPS) is 21.2. The Morgan fingerprint density at radius 2 is 1.76 bits per heavy atom. The number of hydrogen-bond donors (Lipinski definition) is 1. The average molecular weight is 433 g/mol. The Kier molecular flexibility index (Phi) is 6.54. The van der Waals surface area contributed by atoms with Gasteiger partial charge < -0.3 is 5.32 Å². The summed E-state index contributed by atoms with van der Waals surface area (Å²) in [5.74, 6) is -0.0638. The second-order valence-corrected chi connectivity index (χ2v) is 9.57. The number of hydrogen-bond acceptors (Lipinski definition) is 4. The molecule has 0 spiro atoms. The molecule has 0 bridgehead atoms. The maximum absolute atomic E-state index is 12.9. The SMILES string of the molecule is CC(C(=O)NC1CCCC1)N1CCN(S(=O)(=O)c2cccc(C(F)(F)F)c2)CC1. The van der Waals surface area contributed by atoms with E-state index < -0.39 is 21.8 Å². The van der Waals surface area contributed by atoms with Crippen molar-refractivity contribution in [2.24, 2.45) is 0 Å². The molecule has 3 rings (SSSR count). The van der Waals surface area contributed by atoms with Gasteiger partial charge in [-0.25, -0.2) is 8.42 Å². The van der Waals surface area contributed by atoms with E-state index in [1.54, 1.807) is 6.92 Å². The van der Waals surface area contributed by atoms with Crippen molar-refractivity contribution in [2.45, 2.75) is 55.8 Å². The van der Waals surface area contributed by atoms with Crippen LogP contribution in [0.2, 0.25) is 0 Å². The molecule has 1 saturated carbocycles. The molecule has 1 saturated heterocycles. The van der Waals surface area contributed by atoms with Gasteiger partial charge in [0.2, 0.25) is 15.9 Å². The zero-order valence-corrected chi connectivity index (χ0v) is 17.1. The van der Waals surface area contributed by atoms with E-state index in [4.69, 9.17) is 0 Å². The van der Waals surface area contributed by atoms with Gasteiger partial charge in [-0.05, 0) is 38.0 Å². The van der Waals surface area contributed by atoms with E-state index in [1.165, 1.54) is 10.4 Å². The first-order chi connectivity index (χ1) is 13.6. The van der Waals surface area contributed by atoms with E-state index in [-0.39, 0.29) is 36.0 Å². The molecule has 1 aromatic carbocycles. The highest BCUT2D eigenvalue weighted by atomic mass is 32.2. The van der Waals surface area contributed by atoms with E-state index >= 15 is 0 Å². The van der Waals surface area contributed by atoms with E-state index in [0.717, 1.165) is 37.8 Å². The standard InChI is InChI=1S/C19H26F3N3O3S/c1-14(18(26)23-16-6-2-3-7-16)24-9-11-25(12-10-24)29(27,28)17-8-4-5-15(13-17)19(20,21)22/h4-5,8,13-14,16H,2-3,6-7,9-12H2,1H3,(H,23,26). The zero-order chi connectivity index (χ0) is 21.2. The fourth-order valence-corrected chi connectivity index (χ4v) is 5.34. The van der Waals surface area contributed by atoms with E-state index in [0.29, 0.717) is 19.2 Å². The predicted molar refractivity (Wildman–Crippen MR) is 102 cm³/mol. The summed E-state index contributed by atoms with van der Waals surface area (Å²) in [7, 11) is -4.03. The number of piperazine rings is 1. The first kappa shape index (κ1) is 22.0. The summed E-state index contributed by atoms with van der Waals surface area (Å²) >= 11 is 0. The fourth-order valence-electron chi connectivity index (χ4n) is 3.87. The molecule has 2 aliphatic rings. The van der Waals surface area contributed by atoms with Gasteiger partial charge in [-0.1, -0.05) is 18.9 Å². The number of sulfonamides is 1. The third kappa shape index (κ3) is 5.10. The van der Waals surface area contributed by atoms with Crippen LogP contribution in [0.4, 0.5) is 13.2 Å². The van der Waals surface area contributed by atoms with Crippen LogP contribution >= 0.6 is 0 Å². The molecule has 2 fully saturated rings. The number of benzene rings is 1. The van der Waals surface area contributed by atoms with E-state index in [1.807, 2.05) is 4.90 Å². The summed E-state index contributed by atoms with van der Waals surface area (Å²) in [6, 6.07) is 3.62. The Bertz CT molecular complexity index is 831. The lowest BCUT2D eigenvalue weighted by Crippen LogP contribution is -2.55. The third-order valence-electron chi connectivity index (χ3n) is 5.70. The molecule has 6 nitrogen and oxygen atoms in total. The molecule has 1 atom stereocenters. The van der Waals surface area contributed by atoms with E-state index in [9.17, 15) is 26.4 Å². The first-order valence-electron chi connectivity index (χ1n) is 9.81. The second-order valence-electron chi connectivity index (χ2n) is 7.63. The van der Waals surface area contributed by atoms with Gasteiger partial charge >= 0.3 is 6.18 Å². The molecule has 0 aromatic heterocycles. The smallest absolute Gasteiger partial charge is 0.352 e. The van der Waals surface area contributed by atoms with Crippen molar-refractivity contribution in [1.29, 1.82) is 0 Å². The Hall–Kier alpha value is -1.65. The molecule has 1 aromatic rings. The van der Waals surface area contributed by atoms with Crippen molar-refractivity contribution in [3.8, 4) is 0 Å². The minimum atomic E-state index is -4.60. The highest BCUT2D eigenvalue weighted by molar-refractivity contribution is 7.89. The van der Waals surface area contributed by atoms with Crippen LogP contribution in [-0.2, 0) is 21.0 Å². The lowest BCUT2D eigenvalue weighted by atomic mass is 10.2. The van der Waals surface area contributed by atoms with Crippen molar-refractivity contribution in [3.63, 3.8) is 0 Å². The summed E-state index contributed by atoms with van der Waals surface area (Å²) in [6.45, 7) is 2.73. The molecular formula is C19H26F3N3O3S. The van der Waals surface area contributed by atoms with Crippen LogP contribution in [0, 0.1) is 0 Å². The minimum Gasteiger partial charge on any atom is -0.352 e. The number of carbonyl (C=O) groups is 1. The molecule has 1 unspecified atom stereocenters. The molecule has 162 valence electrons. The summed E-state index contributed by atoms with van der Waals surface area (Å²) in [6.07, 6.45) is -0.397. The summed E-state index contributed by atoms with van der Waals surface area (Å²) in [5, 5.41) is 3.04. The van der Waals surface area contributed by atoms with Crippen molar-refractivity contribution in [3.05, 3.63) is 29.8 Å². The Morgan fingerprint density at radius 3 is 2.34 bits per heavy atom. The molecular weight excluding hydrogens is 407 g/mol. The molecule has 1 aliphatic heterocycles. The maximum Gasteiger partial charge on any atom is 0.416 e. The lowest BCUT2D eigenvalue weighted by Gasteiger charge is -2.37. The van der Waals surface area contributed by atoms with Crippen molar-refractivity contribution in [2.75, 3.05) is 26.2 Å². The molecule has 10 heteroatoms. The van der Waals surface area contributed by atoms with Crippen molar-refractivity contribution >= 4 is 15.9 Å². The number of carbonyl (C=O) groups excluding carboxylic acids is 1. The number of nitrogens with zero attached hydrogens (tertiary/aromatic N) is 2. The number of nitrogens with one attached hydrogen (secondary N) is 1. The molecule has 1 amide bonds. The van der Waals surface area contributed by atoms with E-state index in [2.05, 4.69) is 5.32 Å². The van der Waals surface area contributed by atoms with Crippen LogP contribution in [-0.4, -0.2) is 61.8 Å². The summed E-state index contributed by atoms with van der Waals surface area (Å²) < 4.78 is 65.4. The predicted octanol–water partition coefficient (Wildman–Crippen LogP) is 2.46. The topological polar surface area (TPSA) is 69.7 Å². The highest BCUT2D eigenvalue weighted by Crippen LogP contribution is 2.31. The maximum atomic E-state index is 12.9. The van der Waals surface area contributed by atoms with Crippen LogP contribution in [0.25, 0.3) is 0 Å². The van der Waals surface area contributed by atoms with Gasteiger partial charge in [-0.3, -0.25) is 9.69 Å². The fraction of sp³-hybridized carbons (Fsp3) is 0.632. The molecule has 1 aliphatic carbocycles. The van der Waals surface area contributed by atoms with Gasteiger partial charge in [-0.2, -0.15) is 17.5 Å². The van der Waals surface area contributed by atoms with Crippen LogP contribution in [0.1, 0.15) is 38.2 Å². The molecule has 0 radical (unpaired) electrons. The Balaban J connectivity index is 1.61. The molecule has 1 heterocycles. The monoisotopic (exact) mass is 433 g/mol. The quantitative estimate of drug-likeness (QED) is 0.775. The first-order valence-corrected chi connectivity index (χ1v) is 11.2. The number of rotatable bonds is 5.